The molecule has 26 heavy (non-hydrogen) atoms. The molecule has 0 saturated carbocycles. The zero-order valence-corrected chi connectivity index (χ0v) is 15.1. The average Bonchev–Trinajstić information content (AvgIpc) is 3.23. The molecule has 4 rings (SSSR count). The van der Waals surface area contributed by atoms with E-state index in [-0.39, 0.29) is 5.91 Å². The Morgan fingerprint density at radius 3 is 2.12 bits per heavy atom. The Bertz CT molecular complexity index is 763. The molecule has 2 aliphatic heterocycles. The molecule has 0 atom stereocenters. The van der Waals surface area contributed by atoms with E-state index in [0.717, 1.165) is 57.8 Å². The summed E-state index contributed by atoms with van der Waals surface area (Å²) in [6, 6.07) is 16.3. The second kappa shape index (κ2) is 7.28. The quantitative estimate of drug-likeness (QED) is 0.865. The van der Waals surface area contributed by atoms with Crippen LogP contribution in [0.15, 0.2) is 48.5 Å². The first-order valence-corrected chi connectivity index (χ1v) is 9.46. The molecule has 2 saturated heterocycles. The summed E-state index contributed by atoms with van der Waals surface area (Å²) in [5, 5.41) is 0. The van der Waals surface area contributed by atoms with Gasteiger partial charge in [0.05, 0.1) is 11.4 Å². The van der Waals surface area contributed by atoms with Crippen LogP contribution in [0.5, 0.6) is 0 Å². The molecule has 0 aromatic heterocycles. The van der Waals surface area contributed by atoms with Crippen molar-refractivity contribution in [3.63, 3.8) is 0 Å². The monoisotopic (exact) mass is 350 g/mol. The van der Waals surface area contributed by atoms with E-state index in [4.69, 9.17) is 5.73 Å². The minimum Gasteiger partial charge on any atom is -0.397 e. The Balaban J connectivity index is 1.43. The van der Waals surface area contributed by atoms with Gasteiger partial charge in [0.25, 0.3) is 5.91 Å². The topological polar surface area (TPSA) is 52.8 Å². The molecule has 2 fully saturated rings. The normalized spacial score (nSPS) is 17.6. The van der Waals surface area contributed by atoms with E-state index in [0.29, 0.717) is 11.3 Å². The standard InChI is InChI=1S/C21H26N4O/c22-19-16-17(21(26)25-10-4-5-11-25)8-9-20(19)24-14-12-23(13-15-24)18-6-2-1-3-7-18/h1-3,6-9,16H,4-5,10-15,22H2. The van der Waals surface area contributed by atoms with Crippen molar-refractivity contribution >= 4 is 23.0 Å². The number of amides is 1. The molecular weight excluding hydrogens is 324 g/mol. The van der Waals surface area contributed by atoms with Crippen LogP contribution in [0.2, 0.25) is 0 Å². The van der Waals surface area contributed by atoms with Crippen molar-refractivity contribution in [2.75, 3.05) is 54.8 Å². The average molecular weight is 350 g/mol. The highest BCUT2D eigenvalue weighted by atomic mass is 16.2. The summed E-state index contributed by atoms with van der Waals surface area (Å²) in [5.74, 6) is 0.106. The zero-order chi connectivity index (χ0) is 17.9. The van der Waals surface area contributed by atoms with Crippen molar-refractivity contribution in [1.29, 1.82) is 0 Å². The first kappa shape index (κ1) is 16.8. The van der Waals surface area contributed by atoms with Gasteiger partial charge in [0, 0.05) is 50.5 Å². The minimum absolute atomic E-state index is 0.106. The number of carbonyl (C=O) groups excluding carboxylic acids is 1. The van der Waals surface area contributed by atoms with E-state index in [1.54, 1.807) is 0 Å². The van der Waals surface area contributed by atoms with Crippen LogP contribution >= 0.6 is 0 Å². The summed E-state index contributed by atoms with van der Waals surface area (Å²) in [5.41, 5.74) is 10.0. The van der Waals surface area contributed by atoms with Gasteiger partial charge < -0.3 is 20.4 Å². The lowest BCUT2D eigenvalue weighted by atomic mass is 10.1. The summed E-state index contributed by atoms with van der Waals surface area (Å²) in [6.07, 6.45) is 2.20. The fraction of sp³-hybridized carbons (Fsp3) is 0.381. The smallest absolute Gasteiger partial charge is 0.253 e. The van der Waals surface area contributed by atoms with Crippen molar-refractivity contribution in [3.8, 4) is 0 Å². The Morgan fingerprint density at radius 1 is 0.808 bits per heavy atom. The van der Waals surface area contributed by atoms with Gasteiger partial charge in [-0.2, -0.15) is 0 Å². The van der Waals surface area contributed by atoms with E-state index < -0.39 is 0 Å². The van der Waals surface area contributed by atoms with Crippen molar-refractivity contribution in [2.45, 2.75) is 12.8 Å². The van der Waals surface area contributed by atoms with Crippen molar-refractivity contribution in [1.82, 2.24) is 4.90 Å². The second-order valence-corrected chi connectivity index (χ2v) is 7.08. The lowest BCUT2D eigenvalue weighted by Gasteiger charge is -2.38. The number of carbonyl (C=O) groups is 1. The van der Waals surface area contributed by atoms with Gasteiger partial charge in [0.2, 0.25) is 0 Å². The number of benzene rings is 2. The number of nitrogens with zero attached hydrogens (tertiary/aromatic N) is 3. The second-order valence-electron chi connectivity index (χ2n) is 7.08. The van der Waals surface area contributed by atoms with Crippen LogP contribution in [0, 0.1) is 0 Å². The summed E-state index contributed by atoms with van der Waals surface area (Å²) in [7, 11) is 0. The zero-order valence-electron chi connectivity index (χ0n) is 15.1. The van der Waals surface area contributed by atoms with Crippen LogP contribution in [-0.2, 0) is 0 Å². The number of nitrogen functional groups attached to an aromatic ring is 1. The van der Waals surface area contributed by atoms with E-state index in [9.17, 15) is 4.79 Å². The highest BCUT2D eigenvalue weighted by Crippen LogP contribution is 2.27. The predicted octanol–water partition coefficient (Wildman–Crippen LogP) is 2.83. The first-order valence-electron chi connectivity index (χ1n) is 9.46. The largest absolute Gasteiger partial charge is 0.397 e. The third-order valence-corrected chi connectivity index (χ3v) is 5.41. The number of hydrogen-bond acceptors (Lipinski definition) is 4. The van der Waals surface area contributed by atoms with Crippen LogP contribution in [-0.4, -0.2) is 50.1 Å². The van der Waals surface area contributed by atoms with Crippen LogP contribution in [0.1, 0.15) is 23.2 Å². The maximum atomic E-state index is 12.5. The highest BCUT2D eigenvalue weighted by Gasteiger charge is 2.22. The number of rotatable bonds is 3. The maximum absolute atomic E-state index is 12.5. The molecule has 2 aromatic carbocycles. The van der Waals surface area contributed by atoms with Crippen LogP contribution in [0.25, 0.3) is 0 Å². The summed E-state index contributed by atoms with van der Waals surface area (Å²) >= 11 is 0. The molecule has 0 radical (unpaired) electrons. The minimum atomic E-state index is 0.106. The Hall–Kier alpha value is -2.69. The van der Waals surface area contributed by atoms with Crippen LogP contribution in [0.4, 0.5) is 17.1 Å². The number of likely N-dealkylation sites (tertiary alicyclic amines) is 1. The third kappa shape index (κ3) is 3.34. The Morgan fingerprint density at radius 2 is 1.46 bits per heavy atom. The summed E-state index contributed by atoms with van der Waals surface area (Å²) in [6.45, 7) is 5.52. The molecule has 0 unspecified atom stereocenters. The summed E-state index contributed by atoms with van der Waals surface area (Å²) < 4.78 is 0. The first-order chi connectivity index (χ1) is 12.7. The lowest BCUT2D eigenvalue weighted by Crippen LogP contribution is -2.46. The molecule has 2 aliphatic rings. The van der Waals surface area contributed by atoms with E-state index in [1.807, 2.05) is 29.2 Å². The van der Waals surface area contributed by atoms with Crippen molar-refractivity contribution < 1.29 is 4.79 Å². The fourth-order valence-corrected chi connectivity index (χ4v) is 3.92. The van der Waals surface area contributed by atoms with Crippen LogP contribution in [0.3, 0.4) is 0 Å². The van der Waals surface area contributed by atoms with Gasteiger partial charge in [-0.05, 0) is 43.2 Å². The Kier molecular flexibility index (Phi) is 4.69. The molecular formula is C21H26N4O. The molecule has 136 valence electrons. The van der Waals surface area contributed by atoms with Gasteiger partial charge in [-0.15, -0.1) is 0 Å². The molecule has 0 spiro atoms. The third-order valence-electron chi connectivity index (χ3n) is 5.41. The SMILES string of the molecule is Nc1cc(C(=O)N2CCCC2)ccc1N1CCN(c2ccccc2)CC1. The van der Waals surface area contributed by atoms with Crippen molar-refractivity contribution in [3.05, 3.63) is 54.1 Å². The van der Waals surface area contributed by atoms with Gasteiger partial charge >= 0.3 is 0 Å². The lowest BCUT2D eigenvalue weighted by molar-refractivity contribution is 0.0793. The molecule has 5 nitrogen and oxygen atoms in total. The molecule has 2 heterocycles. The van der Waals surface area contributed by atoms with Crippen molar-refractivity contribution in [2.24, 2.45) is 0 Å². The van der Waals surface area contributed by atoms with E-state index in [2.05, 4.69) is 34.1 Å². The molecule has 5 heteroatoms. The van der Waals surface area contributed by atoms with Gasteiger partial charge in [-0.25, -0.2) is 0 Å². The van der Waals surface area contributed by atoms with Gasteiger partial charge in [0.15, 0.2) is 0 Å². The number of piperazine rings is 1. The molecule has 1 amide bonds. The molecule has 2 N–H and O–H groups in total. The Labute approximate surface area is 155 Å². The number of anilines is 3. The van der Waals surface area contributed by atoms with Gasteiger partial charge in [-0.3, -0.25) is 4.79 Å². The van der Waals surface area contributed by atoms with Gasteiger partial charge in [0.1, 0.15) is 0 Å². The number of hydrogen-bond donors (Lipinski definition) is 1. The predicted molar refractivity (Wildman–Crippen MR) is 107 cm³/mol. The number of para-hydroxylation sites is 1. The van der Waals surface area contributed by atoms with E-state index in [1.165, 1.54) is 5.69 Å². The summed E-state index contributed by atoms with van der Waals surface area (Å²) in [4.78, 5) is 19.2. The molecule has 0 aliphatic carbocycles. The highest BCUT2D eigenvalue weighted by molar-refractivity contribution is 5.96. The molecule has 2 aromatic rings. The van der Waals surface area contributed by atoms with Crippen LogP contribution < -0.4 is 15.5 Å². The van der Waals surface area contributed by atoms with E-state index >= 15 is 0 Å². The maximum Gasteiger partial charge on any atom is 0.253 e. The molecule has 0 bridgehead atoms. The van der Waals surface area contributed by atoms with Gasteiger partial charge in [-0.1, -0.05) is 18.2 Å². The fourth-order valence-electron chi connectivity index (χ4n) is 3.92. The number of nitrogens with two attached hydrogens (primary N) is 1.